The fraction of sp³-hybridized carbons (Fsp3) is 0.286. The molecule has 1 aromatic carbocycles. The van der Waals surface area contributed by atoms with Gasteiger partial charge in [-0.05, 0) is 12.1 Å². The lowest BCUT2D eigenvalue weighted by Crippen LogP contribution is -2.16. The second-order valence-corrected chi connectivity index (χ2v) is 5.53. The second kappa shape index (κ2) is 4.94. The predicted molar refractivity (Wildman–Crippen MR) is 75.5 cm³/mol. The van der Waals surface area contributed by atoms with E-state index in [0.717, 1.165) is 11.5 Å². The maximum atomic E-state index is 6.03. The molecule has 4 heteroatoms. The Labute approximate surface area is 112 Å². The highest BCUT2D eigenvalue weighted by atomic mass is 35.5. The van der Waals surface area contributed by atoms with Crippen LogP contribution < -0.4 is 5.32 Å². The molecular weight excluding hydrogens is 246 g/mol. The molecule has 1 N–H and O–H groups in total. The molecule has 1 aromatic heterocycles. The number of hydrogen-bond donors (Lipinski definition) is 1. The van der Waals surface area contributed by atoms with E-state index in [-0.39, 0.29) is 5.41 Å². The lowest BCUT2D eigenvalue weighted by atomic mass is 9.96. The topological polar surface area (TPSA) is 37.8 Å². The van der Waals surface area contributed by atoms with Gasteiger partial charge < -0.3 is 5.32 Å². The Morgan fingerprint density at radius 1 is 1.06 bits per heavy atom. The van der Waals surface area contributed by atoms with E-state index in [9.17, 15) is 0 Å². The Morgan fingerprint density at radius 2 is 1.72 bits per heavy atom. The smallest absolute Gasteiger partial charge is 0.137 e. The summed E-state index contributed by atoms with van der Waals surface area (Å²) in [6, 6.07) is 11.6. The van der Waals surface area contributed by atoms with Crippen LogP contribution in [0.2, 0.25) is 5.15 Å². The molecule has 0 saturated carbocycles. The summed E-state index contributed by atoms with van der Waals surface area (Å²) in [5, 5.41) is 3.67. The van der Waals surface area contributed by atoms with Gasteiger partial charge in [-0.1, -0.05) is 50.6 Å². The van der Waals surface area contributed by atoms with Crippen molar-refractivity contribution in [3.05, 3.63) is 47.4 Å². The van der Waals surface area contributed by atoms with E-state index in [4.69, 9.17) is 11.6 Å². The highest BCUT2D eigenvalue weighted by Gasteiger charge is 2.18. The number of benzene rings is 1. The van der Waals surface area contributed by atoms with Gasteiger partial charge in [-0.3, -0.25) is 0 Å². The van der Waals surface area contributed by atoms with Crippen molar-refractivity contribution in [2.45, 2.75) is 26.2 Å². The summed E-state index contributed by atoms with van der Waals surface area (Å²) >= 11 is 6.03. The standard InChI is InChI=1S/C14H16ClN3/c1-14(2,3)13-17-11(15)9-12(18-13)16-10-7-5-4-6-8-10/h4-9H,1-3H3,(H,16,17,18). The number of aromatic nitrogens is 2. The van der Waals surface area contributed by atoms with Gasteiger partial charge in [0, 0.05) is 17.2 Å². The molecule has 0 unspecified atom stereocenters. The zero-order chi connectivity index (χ0) is 13.2. The van der Waals surface area contributed by atoms with Crippen molar-refractivity contribution in [1.82, 2.24) is 9.97 Å². The van der Waals surface area contributed by atoms with Crippen LogP contribution in [0.4, 0.5) is 11.5 Å². The molecule has 0 fully saturated rings. The first-order chi connectivity index (χ1) is 8.45. The van der Waals surface area contributed by atoms with Crippen LogP contribution in [0.1, 0.15) is 26.6 Å². The number of nitrogens with one attached hydrogen (secondary N) is 1. The van der Waals surface area contributed by atoms with E-state index in [1.165, 1.54) is 0 Å². The largest absolute Gasteiger partial charge is 0.340 e. The van der Waals surface area contributed by atoms with Gasteiger partial charge in [-0.15, -0.1) is 0 Å². The van der Waals surface area contributed by atoms with Gasteiger partial charge >= 0.3 is 0 Å². The van der Waals surface area contributed by atoms with Crippen molar-refractivity contribution in [1.29, 1.82) is 0 Å². The molecule has 0 spiro atoms. The Kier molecular flexibility index (Phi) is 3.53. The number of hydrogen-bond acceptors (Lipinski definition) is 3. The molecule has 1 heterocycles. The third-order valence-corrected chi connectivity index (χ3v) is 2.61. The van der Waals surface area contributed by atoms with Gasteiger partial charge in [0.1, 0.15) is 16.8 Å². The highest BCUT2D eigenvalue weighted by Crippen LogP contribution is 2.23. The number of rotatable bonds is 2. The summed E-state index contributed by atoms with van der Waals surface area (Å²) in [6.07, 6.45) is 0. The second-order valence-electron chi connectivity index (χ2n) is 5.14. The molecule has 3 nitrogen and oxygen atoms in total. The number of halogens is 1. The Morgan fingerprint density at radius 3 is 2.33 bits per heavy atom. The van der Waals surface area contributed by atoms with Gasteiger partial charge in [-0.25, -0.2) is 9.97 Å². The van der Waals surface area contributed by atoms with Crippen LogP contribution in [-0.4, -0.2) is 9.97 Å². The molecule has 94 valence electrons. The molecule has 0 aliphatic rings. The molecule has 0 aliphatic carbocycles. The van der Waals surface area contributed by atoms with Crippen LogP contribution in [-0.2, 0) is 5.41 Å². The maximum Gasteiger partial charge on any atom is 0.137 e. The minimum atomic E-state index is -0.127. The fourth-order valence-corrected chi connectivity index (χ4v) is 1.67. The van der Waals surface area contributed by atoms with Crippen LogP contribution in [0.3, 0.4) is 0 Å². The zero-order valence-electron chi connectivity index (χ0n) is 10.7. The van der Waals surface area contributed by atoms with Crippen molar-refractivity contribution in [2.24, 2.45) is 0 Å². The average Bonchev–Trinajstić information content (AvgIpc) is 2.28. The van der Waals surface area contributed by atoms with E-state index >= 15 is 0 Å². The van der Waals surface area contributed by atoms with Crippen molar-refractivity contribution in [2.75, 3.05) is 5.32 Å². The zero-order valence-corrected chi connectivity index (χ0v) is 11.5. The summed E-state index contributed by atoms with van der Waals surface area (Å²) in [5.41, 5.74) is 0.852. The van der Waals surface area contributed by atoms with Crippen LogP contribution in [0.15, 0.2) is 36.4 Å². The minimum Gasteiger partial charge on any atom is -0.340 e. The van der Waals surface area contributed by atoms with Crippen LogP contribution in [0, 0.1) is 0 Å². The van der Waals surface area contributed by atoms with Crippen LogP contribution in [0.5, 0.6) is 0 Å². The highest BCUT2D eigenvalue weighted by molar-refractivity contribution is 6.29. The first kappa shape index (κ1) is 12.8. The van der Waals surface area contributed by atoms with Crippen molar-refractivity contribution >= 4 is 23.1 Å². The first-order valence-corrected chi connectivity index (χ1v) is 6.20. The van der Waals surface area contributed by atoms with E-state index in [1.54, 1.807) is 6.07 Å². The molecule has 0 atom stereocenters. The lowest BCUT2D eigenvalue weighted by Gasteiger charge is -2.17. The van der Waals surface area contributed by atoms with E-state index in [0.29, 0.717) is 11.0 Å². The average molecular weight is 262 g/mol. The third-order valence-electron chi connectivity index (χ3n) is 2.41. The van der Waals surface area contributed by atoms with E-state index in [2.05, 4.69) is 36.1 Å². The van der Waals surface area contributed by atoms with Crippen molar-refractivity contribution < 1.29 is 0 Å². The summed E-state index contributed by atoms with van der Waals surface area (Å²) in [5.74, 6) is 1.44. The van der Waals surface area contributed by atoms with Gasteiger partial charge in [0.2, 0.25) is 0 Å². The summed E-state index contributed by atoms with van der Waals surface area (Å²) in [4.78, 5) is 8.75. The summed E-state index contributed by atoms with van der Waals surface area (Å²) in [7, 11) is 0. The monoisotopic (exact) mass is 261 g/mol. The summed E-state index contributed by atoms with van der Waals surface area (Å²) in [6.45, 7) is 6.18. The maximum absolute atomic E-state index is 6.03. The van der Waals surface area contributed by atoms with Gasteiger partial charge in [-0.2, -0.15) is 0 Å². The molecule has 2 aromatic rings. The number of anilines is 2. The fourth-order valence-electron chi connectivity index (χ4n) is 1.49. The SMILES string of the molecule is CC(C)(C)c1nc(Cl)cc(Nc2ccccc2)n1. The minimum absolute atomic E-state index is 0.127. The summed E-state index contributed by atoms with van der Waals surface area (Å²) < 4.78 is 0. The van der Waals surface area contributed by atoms with Crippen LogP contribution in [0.25, 0.3) is 0 Å². The number of nitrogens with zero attached hydrogens (tertiary/aromatic N) is 2. The van der Waals surface area contributed by atoms with E-state index < -0.39 is 0 Å². The number of para-hydroxylation sites is 1. The molecule has 0 radical (unpaired) electrons. The molecule has 2 rings (SSSR count). The molecule has 0 amide bonds. The predicted octanol–water partition coefficient (Wildman–Crippen LogP) is 4.17. The van der Waals surface area contributed by atoms with Gasteiger partial charge in [0.15, 0.2) is 0 Å². The molecule has 0 bridgehead atoms. The normalized spacial score (nSPS) is 11.3. The Balaban J connectivity index is 2.32. The Bertz CT molecular complexity index is 532. The Hall–Kier alpha value is -1.61. The molecule has 0 saturated heterocycles. The third kappa shape index (κ3) is 3.20. The lowest BCUT2D eigenvalue weighted by molar-refractivity contribution is 0.546. The van der Waals surface area contributed by atoms with Crippen LogP contribution >= 0.6 is 11.6 Å². The van der Waals surface area contributed by atoms with Gasteiger partial charge in [0.25, 0.3) is 0 Å². The quantitative estimate of drug-likeness (QED) is 0.825. The molecule has 18 heavy (non-hydrogen) atoms. The first-order valence-electron chi connectivity index (χ1n) is 5.82. The molecule has 0 aliphatic heterocycles. The van der Waals surface area contributed by atoms with Crippen molar-refractivity contribution in [3.8, 4) is 0 Å². The van der Waals surface area contributed by atoms with Gasteiger partial charge in [0.05, 0.1) is 0 Å². The van der Waals surface area contributed by atoms with E-state index in [1.807, 2.05) is 30.3 Å². The molecular formula is C14H16ClN3. The van der Waals surface area contributed by atoms with Crippen molar-refractivity contribution in [3.63, 3.8) is 0 Å².